The van der Waals surface area contributed by atoms with E-state index in [1.807, 2.05) is 0 Å². The zero-order valence-corrected chi connectivity index (χ0v) is 11.5. The lowest BCUT2D eigenvalue weighted by atomic mass is 10.1. The number of carboxylic acid groups (broad SMARTS) is 2. The molecule has 0 heterocycles. The van der Waals surface area contributed by atoms with Crippen LogP contribution in [0.4, 0.5) is 5.69 Å². The van der Waals surface area contributed by atoms with Gasteiger partial charge in [-0.2, -0.15) is 0 Å². The van der Waals surface area contributed by atoms with Gasteiger partial charge in [-0.1, -0.05) is 12.1 Å². The highest BCUT2D eigenvalue weighted by Crippen LogP contribution is 2.21. The fraction of sp³-hybridized carbons (Fsp3) is 0. The first-order valence-electron chi connectivity index (χ1n) is 6.25. The molecule has 0 radical (unpaired) electrons. The van der Waals surface area contributed by atoms with Gasteiger partial charge in [0.15, 0.2) is 0 Å². The van der Waals surface area contributed by atoms with Crippen LogP contribution >= 0.6 is 0 Å². The molecule has 8 heteroatoms. The van der Waals surface area contributed by atoms with Gasteiger partial charge < -0.3 is 15.3 Å². The van der Waals surface area contributed by atoms with Gasteiger partial charge in [-0.3, -0.25) is 4.79 Å². The van der Waals surface area contributed by atoms with Crippen LogP contribution in [0.5, 0.6) is 5.75 Å². The number of hydrogen-bond acceptors (Lipinski definition) is 5. The van der Waals surface area contributed by atoms with E-state index in [0.29, 0.717) is 0 Å². The number of azo groups is 1. The number of para-hydroxylation sites is 1. The summed E-state index contributed by atoms with van der Waals surface area (Å²) in [6.07, 6.45) is 0. The summed E-state index contributed by atoms with van der Waals surface area (Å²) >= 11 is 0. The van der Waals surface area contributed by atoms with Crippen molar-refractivity contribution in [2.75, 3.05) is 0 Å². The summed E-state index contributed by atoms with van der Waals surface area (Å²) in [7, 11) is 0. The second kappa shape index (κ2) is 6.48. The number of amides is 1. The largest absolute Gasteiger partial charge is 0.507 e. The van der Waals surface area contributed by atoms with Gasteiger partial charge in [0.2, 0.25) is 0 Å². The third-order valence-corrected chi connectivity index (χ3v) is 2.85. The van der Waals surface area contributed by atoms with Gasteiger partial charge in [0.25, 0.3) is 5.91 Å². The van der Waals surface area contributed by atoms with E-state index in [1.54, 1.807) is 0 Å². The molecule has 0 unspecified atom stereocenters. The van der Waals surface area contributed by atoms with Gasteiger partial charge in [0.05, 0.1) is 22.4 Å². The van der Waals surface area contributed by atoms with Gasteiger partial charge >= 0.3 is 11.9 Å². The zero-order valence-electron chi connectivity index (χ0n) is 11.5. The van der Waals surface area contributed by atoms with Crippen LogP contribution in [0.15, 0.2) is 52.7 Å². The standard InChI is InChI=1S/C15H10N2O6/c18-12-4-2-1-3-10(12)13(19)17-16-8-5-6-9(14(20)21)11(7-8)15(22)23/h1-7,18H,(H,20,21)(H,22,23). The molecule has 8 nitrogen and oxygen atoms in total. The van der Waals surface area contributed by atoms with Crippen molar-refractivity contribution in [3.05, 3.63) is 59.2 Å². The number of phenolic OH excluding ortho intramolecular Hbond substituents is 1. The zero-order chi connectivity index (χ0) is 17.0. The molecule has 2 aromatic rings. The number of aromatic hydroxyl groups is 1. The maximum Gasteiger partial charge on any atom is 0.336 e. The smallest absolute Gasteiger partial charge is 0.336 e. The predicted molar refractivity (Wildman–Crippen MR) is 77.3 cm³/mol. The molecule has 0 aliphatic heterocycles. The maximum absolute atomic E-state index is 11.8. The molecule has 0 aromatic heterocycles. The summed E-state index contributed by atoms with van der Waals surface area (Å²) < 4.78 is 0. The van der Waals surface area contributed by atoms with Crippen LogP contribution in [0, 0.1) is 0 Å². The van der Waals surface area contributed by atoms with E-state index in [1.165, 1.54) is 30.3 Å². The van der Waals surface area contributed by atoms with E-state index >= 15 is 0 Å². The summed E-state index contributed by atoms with van der Waals surface area (Å²) in [4.78, 5) is 33.8. The number of carbonyl (C=O) groups is 3. The van der Waals surface area contributed by atoms with Crippen LogP contribution in [0.3, 0.4) is 0 Å². The molecule has 0 saturated carbocycles. The molecule has 3 N–H and O–H groups in total. The molecule has 23 heavy (non-hydrogen) atoms. The predicted octanol–water partition coefficient (Wildman–Crippen LogP) is 2.71. The number of hydrogen-bond donors (Lipinski definition) is 3. The normalized spacial score (nSPS) is 10.6. The second-order valence-electron chi connectivity index (χ2n) is 4.36. The van der Waals surface area contributed by atoms with Crippen LogP contribution in [0.1, 0.15) is 31.1 Å². The van der Waals surface area contributed by atoms with E-state index in [-0.39, 0.29) is 17.0 Å². The summed E-state index contributed by atoms with van der Waals surface area (Å²) in [6.45, 7) is 0. The SMILES string of the molecule is O=C(N=Nc1ccc(C(=O)O)c(C(=O)O)c1)c1ccccc1O. The summed E-state index contributed by atoms with van der Waals surface area (Å²) in [6, 6.07) is 9.01. The molecule has 0 saturated heterocycles. The highest BCUT2D eigenvalue weighted by atomic mass is 16.4. The molecular formula is C15H10N2O6. The Morgan fingerprint density at radius 1 is 0.826 bits per heavy atom. The van der Waals surface area contributed by atoms with Crippen molar-refractivity contribution in [1.29, 1.82) is 0 Å². The van der Waals surface area contributed by atoms with Gasteiger partial charge in [-0.15, -0.1) is 10.2 Å². The van der Waals surface area contributed by atoms with E-state index in [9.17, 15) is 19.5 Å². The molecule has 0 bridgehead atoms. The summed E-state index contributed by atoms with van der Waals surface area (Å²) in [5, 5.41) is 34.4. The molecule has 0 fully saturated rings. The van der Waals surface area contributed by atoms with Crippen LogP contribution in [-0.4, -0.2) is 33.2 Å². The first-order chi connectivity index (χ1) is 10.9. The number of benzene rings is 2. The second-order valence-corrected chi connectivity index (χ2v) is 4.36. The average molecular weight is 314 g/mol. The van der Waals surface area contributed by atoms with Crippen molar-refractivity contribution < 1.29 is 29.7 Å². The minimum atomic E-state index is -1.44. The Hall–Kier alpha value is -3.55. The topological polar surface area (TPSA) is 137 Å². The minimum absolute atomic E-state index is 0.00355. The van der Waals surface area contributed by atoms with Crippen LogP contribution < -0.4 is 0 Å². The first-order valence-corrected chi connectivity index (χ1v) is 6.25. The Bertz CT molecular complexity index is 828. The monoisotopic (exact) mass is 314 g/mol. The maximum atomic E-state index is 11.8. The lowest BCUT2D eigenvalue weighted by Crippen LogP contribution is -2.07. The minimum Gasteiger partial charge on any atom is -0.507 e. The molecule has 0 aliphatic carbocycles. The first kappa shape index (κ1) is 15.8. The van der Waals surface area contributed by atoms with Crippen LogP contribution in [0.25, 0.3) is 0 Å². The molecule has 2 rings (SSSR count). The molecule has 1 amide bonds. The Balaban J connectivity index is 2.32. The van der Waals surface area contributed by atoms with E-state index in [2.05, 4.69) is 10.2 Å². The van der Waals surface area contributed by atoms with Gasteiger partial charge in [-0.05, 0) is 30.3 Å². The van der Waals surface area contributed by atoms with Gasteiger partial charge in [-0.25, -0.2) is 9.59 Å². The van der Waals surface area contributed by atoms with Crippen molar-refractivity contribution >= 4 is 23.5 Å². The fourth-order valence-corrected chi connectivity index (χ4v) is 1.77. The highest BCUT2D eigenvalue weighted by molar-refractivity contribution is 6.02. The number of nitrogens with zero attached hydrogens (tertiary/aromatic N) is 2. The molecular weight excluding hydrogens is 304 g/mol. The summed E-state index contributed by atoms with van der Waals surface area (Å²) in [5.41, 5.74) is -0.930. The summed E-state index contributed by atoms with van der Waals surface area (Å²) in [5.74, 6) is -3.91. The van der Waals surface area contributed by atoms with Crippen LogP contribution in [0.2, 0.25) is 0 Å². The molecule has 0 atom stereocenters. The van der Waals surface area contributed by atoms with Crippen molar-refractivity contribution in [1.82, 2.24) is 0 Å². The van der Waals surface area contributed by atoms with Crippen LogP contribution in [-0.2, 0) is 0 Å². The Morgan fingerprint density at radius 3 is 2.09 bits per heavy atom. The Morgan fingerprint density at radius 2 is 1.48 bits per heavy atom. The van der Waals surface area contributed by atoms with Crippen molar-refractivity contribution in [3.63, 3.8) is 0 Å². The number of carboxylic acids is 2. The quantitative estimate of drug-likeness (QED) is 0.742. The van der Waals surface area contributed by atoms with Crippen molar-refractivity contribution in [3.8, 4) is 5.75 Å². The van der Waals surface area contributed by atoms with Crippen molar-refractivity contribution in [2.45, 2.75) is 0 Å². The Labute approximate surface area is 129 Å². The molecule has 116 valence electrons. The third-order valence-electron chi connectivity index (χ3n) is 2.85. The average Bonchev–Trinajstić information content (AvgIpc) is 2.52. The number of phenols is 1. The lowest BCUT2D eigenvalue weighted by molar-refractivity contribution is 0.0651. The number of rotatable bonds is 4. The molecule has 0 spiro atoms. The lowest BCUT2D eigenvalue weighted by Gasteiger charge is -2.02. The van der Waals surface area contributed by atoms with E-state index < -0.39 is 29.0 Å². The highest BCUT2D eigenvalue weighted by Gasteiger charge is 2.16. The van der Waals surface area contributed by atoms with Gasteiger partial charge in [0, 0.05) is 0 Å². The fourth-order valence-electron chi connectivity index (χ4n) is 1.77. The number of aromatic carboxylic acids is 2. The Kier molecular flexibility index (Phi) is 4.46. The van der Waals surface area contributed by atoms with Crippen molar-refractivity contribution in [2.24, 2.45) is 10.2 Å². The van der Waals surface area contributed by atoms with E-state index in [4.69, 9.17) is 10.2 Å². The number of carbonyl (C=O) groups excluding carboxylic acids is 1. The molecule has 0 aliphatic rings. The molecule has 2 aromatic carbocycles. The van der Waals surface area contributed by atoms with E-state index in [0.717, 1.165) is 12.1 Å². The third kappa shape index (κ3) is 3.56. The van der Waals surface area contributed by atoms with Gasteiger partial charge in [0.1, 0.15) is 5.75 Å².